The Morgan fingerprint density at radius 2 is 2.36 bits per heavy atom. The van der Waals surface area contributed by atoms with Gasteiger partial charge in [-0.2, -0.15) is 0 Å². The SMILES string of the molecule is NC12CC=C3C(C1)CC3(O)C2. The van der Waals surface area contributed by atoms with E-state index in [-0.39, 0.29) is 5.54 Å². The van der Waals surface area contributed by atoms with Crippen molar-refractivity contribution in [3.05, 3.63) is 11.6 Å². The number of fused-ring (bicyclic) bond motifs is 1. The molecule has 4 bridgehead atoms. The van der Waals surface area contributed by atoms with Gasteiger partial charge in [0.1, 0.15) is 0 Å². The van der Waals surface area contributed by atoms with Crippen molar-refractivity contribution in [2.45, 2.75) is 36.8 Å². The molecule has 3 saturated carbocycles. The minimum Gasteiger partial charge on any atom is -0.385 e. The quantitative estimate of drug-likeness (QED) is 0.497. The van der Waals surface area contributed by atoms with Crippen molar-refractivity contribution in [2.24, 2.45) is 11.7 Å². The van der Waals surface area contributed by atoms with E-state index in [4.69, 9.17) is 5.73 Å². The largest absolute Gasteiger partial charge is 0.385 e. The second-order valence-corrected chi connectivity index (χ2v) is 4.54. The molecule has 0 amide bonds. The van der Waals surface area contributed by atoms with Crippen molar-refractivity contribution in [3.8, 4) is 0 Å². The highest BCUT2D eigenvalue weighted by Gasteiger charge is 2.59. The van der Waals surface area contributed by atoms with Gasteiger partial charge in [0.05, 0.1) is 5.60 Å². The molecule has 0 radical (unpaired) electrons. The smallest absolute Gasteiger partial charge is 0.0882 e. The Morgan fingerprint density at radius 3 is 2.82 bits per heavy atom. The van der Waals surface area contributed by atoms with Crippen LogP contribution in [-0.4, -0.2) is 16.2 Å². The molecular formula is C9H13NO. The predicted molar refractivity (Wildman–Crippen MR) is 41.9 cm³/mol. The van der Waals surface area contributed by atoms with Crippen LogP contribution in [-0.2, 0) is 0 Å². The zero-order valence-electron chi connectivity index (χ0n) is 6.51. The highest BCUT2D eigenvalue weighted by atomic mass is 16.3. The molecule has 0 heterocycles. The van der Waals surface area contributed by atoms with E-state index >= 15 is 0 Å². The van der Waals surface area contributed by atoms with Crippen LogP contribution in [0.25, 0.3) is 0 Å². The maximum Gasteiger partial charge on any atom is 0.0882 e. The number of hydrogen-bond acceptors (Lipinski definition) is 2. The van der Waals surface area contributed by atoms with Gasteiger partial charge in [-0.15, -0.1) is 0 Å². The Kier molecular flexibility index (Phi) is 0.796. The maximum absolute atomic E-state index is 9.95. The van der Waals surface area contributed by atoms with E-state index in [9.17, 15) is 5.11 Å². The van der Waals surface area contributed by atoms with Gasteiger partial charge in [0, 0.05) is 5.54 Å². The second kappa shape index (κ2) is 1.41. The predicted octanol–water partition coefficient (Wildman–Crippen LogP) is 0.559. The van der Waals surface area contributed by atoms with Crippen molar-refractivity contribution in [2.75, 3.05) is 0 Å². The van der Waals surface area contributed by atoms with Crippen LogP contribution in [0.1, 0.15) is 25.7 Å². The summed E-state index contributed by atoms with van der Waals surface area (Å²) in [5.74, 6) is 0.632. The molecule has 0 aromatic rings. The number of rotatable bonds is 0. The third-order valence-corrected chi connectivity index (χ3v) is 3.59. The summed E-state index contributed by atoms with van der Waals surface area (Å²) in [5.41, 5.74) is 6.88. The van der Waals surface area contributed by atoms with Gasteiger partial charge in [-0.1, -0.05) is 6.08 Å². The Morgan fingerprint density at radius 1 is 1.55 bits per heavy atom. The molecule has 0 spiro atoms. The van der Waals surface area contributed by atoms with Gasteiger partial charge in [0.25, 0.3) is 0 Å². The van der Waals surface area contributed by atoms with Crippen molar-refractivity contribution < 1.29 is 5.11 Å². The molecule has 3 N–H and O–H groups in total. The van der Waals surface area contributed by atoms with Gasteiger partial charge in [-0.25, -0.2) is 0 Å². The summed E-state index contributed by atoms with van der Waals surface area (Å²) in [6, 6.07) is 0. The second-order valence-electron chi connectivity index (χ2n) is 4.54. The van der Waals surface area contributed by atoms with Crippen molar-refractivity contribution in [3.63, 3.8) is 0 Å². The van der Waals surface area contributed by atoms with E-state index in [0.717, 1.165) is 25.7 Å². The molecule has 3 fully saturated rings. The zero-order chi connectivity index (χ0) is 7.69. The van der Waals surface area contributed by atoms with Crippen molar-refractivity contribution in [1.82, 2.24) is 0 Å². The van der Waals surface area contributed by atoms with E-state index in [1.165, 1.54) is 5.57 Å². The summed E-state index contributed by atoms with van der Waals surface area (Å²) in [6.07, 6.45) is 6.05. The van der Waals surface area contributed by atoms with Gasteiger partial charge in [0.15, 0.2) is 0 Å². The van der Waals surface area contributed by atoms with Crippen LogP contribution in [0.3, 0.4) is 0 Å². The first-order valence-corrected chi connectivity index (χ1v) is 4.33. The van der Waals surface area contributed by atoms with Gasteiger partial charge in [0.2, 0.25) is 0 Å². The van der Waals surface area contributed by atoms with Crippen LogP contribution in [0.2, 0.25) is 0 Å². The lowest BCUT2D eigenvalue weighted by molar-refractivity contribution is -0.0840. The molecular weight excluding hydrogens is 138 g/mol. The summed E-state index contributed by atoms with van der Waals surface area (Å²) in [5, 5.41) is 9.95. The molecule has 11 heavy (non-hydrogen) atoms. The monoisotopic (exact) mass is 151 g/mol. The van der Waals surface area contributed by atoms with E-state index in [2.05, 4.69) is 6.08 Å². The third-order valence-electron chi connectivity index (χ3n) is 3.59. The summed E-state index contributed by atoms with van der Waals surface area (Å²) in [4.78, 5) is 0. The molecule has 60 valence electrons. The average molecular weight is 151 g/mol. The van der Waals surface area contributed by atoms with E-state index < -0.39 is 5.60 Å². The molecule has 5 aliphatic carbocycles. The van der Waals surface area contributed by atoms with E-state index in [1.807, 2.05) is 0 Å². The number of aliphatic hydroxyl groups is 1. The fourth-order valence-corrected chi connectivity index (χ4v) is 3.21. The van der Waals surface area contributed by atoms with E-state index in [0.29, 0.717) is 5.92 Å². The molecule has 2 nitrogen and oxygen atoms in total. The van der Waals surface area contributed by atoms with Crippen molar-refractivity contribution in [1.29, 1.82) is 0 Å². The summed E-state index contributed by atoms with van der Waals surface area (Å²) in [6.45, 7) is 0. The Labute approximate surface area is 66.1 Å². The lowest BCUT2D eigenvalue weighted by atomic mass is 9.48. The van der Waals surface area contributed by atoms with Gasteiger partial charge < -0.3 is 10.8 Å². The lowest BCUT2D eigenvalue weighted by Gasteiger charge is -2.61. The fourth-order valence-electron chi connectivity index (χ4n) is 3.21. The summed E-state index contributed by atoms with van der Waals surface area (Å²) < 4.78 is 0. The minimum atomic E-state index is -0.462. The molecule has 5 rings (SSSR count). The standard InChI is InChI=1S/C9H13NO/c10-8-2-1-7-6(3-8)4-9(7,11)5-8/h1,6,11H,2-5,10H2. The molecule has 3 unspecified atom stereocenters. The highest BCUT2D eigenvalue weighted by Crippen LogP contribution is 2.60. The van der Waals surface area contributed by atoms with E-state index in [1.54, 1.807) is 0 Å². The third kappa shape index (κ3) is 0.565. The number of hydrogen-bond donors (Lipinski definition) is 2. The summed E-state index contributed by atoms with van der Waals surface area (Å²) in [7, 11) is 0. The van der Waals surface area contributed by atoms with Gasteiger partial charge in [-0.3, -0.25) is 0 Å². The minimum absolute atomic E-state index is 0.0561. The van der Waals surface area contributed by atoms with Gasteiger partial charge >= 0.3 is 0 Å². The average Bonchev–Trinajstić information content (AvgIpc) is 1.82. The van der Waals surface area contributed by atoms with Crippen molar-refractivity contribution >= 4 is 0 Å². The first-order chi connectivity index (χ1) is 5.11. The lowest BCUT2D eigenvalue weighted by Crippen LogP contribution is -2.65. The summed E-state index contributed by atoms with van der Waals surface area (Å²) >= 11 is 0. The zero-order valence-corrected chi connectivity index (χ0v) is 6.51. The van der Waals surface area contributed by atoms with Crippen LogP contribution in [0.15, 0.2) is 11.6 Å². The fraction of sp³-hybridized carbons (Fsp3) is 0.778. The highest BCUT2D eigenvalue weighted by molar-refractivity contribution is 5.39. The molecule has 0 aromatic heterocycles. The molecule has 3 atom stereocenters. The molecule has 0 saturated heterocycles. The van der Waals surface area contributed by atoms with Crippen LogP contribution in [0.4, 0.5) is 0 Å². The maximum atomic E-state index is 9.95. The first-order valence-electron chi connectivity index (χ1n) is 4.33. The normalized spacial score (nSPS) is 58.7. The molecule has 5 aliphatic rings. The number of nitrogens with two attached hydrogens (primary N) is 1. The van der Waals surface area contributed by atoms with Crippen LogP contribution in [0, 0.1) is 5.92 Å². The Hall–Kier alpha value is -0.340. The van der Waals surface area contributed by atoms with Gasteiger partial charge in [-0.05, 0) is 37.2 Å². The Balaban J connectivity index is 2.11. The van der Waals surface area contributed by atoms with Crippen LogP contribution >= 0.6 is 0 Å². The van der Waals surface area contributed by atoms with Crippen LogP contribution < -0.4 is 5.73 Å². The Bertz CT molecular complexity index is 260. The first kappa shape index (κ1) is 6.21. The molecule has 2 heteroatoms. The molecule has 0 aliphatic heterocycles. The van der Waals surface area contributed by atoms with Crippen LogP contribution in [0.5, 0.6) is 0 Å². The molecule has 0 aromatic carbocycles. The topological polar surface area (TPSA) is 46.2 Å².